The molecule has 2 aromatic rings. The van der Waals surface area contributed by atoms with Crippen molar-refractivity contribution in [1.29, 1.82) is 5.26 Å². The molecule has 1 unspecified atom stereocenters. The number of halogens is 1. The monoisotopic (exact) mass is 334 g/mol. The summed E-state index contributed by atoms with van der Waals surface area (Å²) in [5.74, 6) is 0. The summed E-state index contributed by atoms with van der Waals surface area (Å²) in [6, 6.07) is 14.8. The zero-order valence-electron chi connectivity index (χ0n) is 10.7. The molecule has 0 aliphatic heterocycles. The first-order valence-corrected chi connectivity index (χ1v) is 7.73. The van der Waals surface area contributed by atoms with Crippen molar-refractivity contribution in [1.82, 2.24) is 4.90 Å². The van der Waals surface area contributed by atoms with E-state index in [1.165, 1.54) is 10.4 Å². The van der Waals surface area contributed by atoms with Gasteiger partial charge in [-0.1, -0.05) is 30.3 Å². The second-order valence-corrected chi connectivity index (χ2v) is 6.35. The van der Waals surface area contributed by atoms with Gasteiger partial charge in [-0.15, -0.1) is 11.3 Å². The van der Waals surface area contributed by atoms with Gasteiger partial charge in [-0.3, -0.25) is 4.90 Å². The third-order valence-corrected chi connectivity index (χ3v) is 4.71. The van der Waals surface area contributed by atoms with E-state index in [0.717, 1.165) is 11.0 Å². The Morgan fingerprint density at radius 3 is 2.68 bits per heavy atom. The average Bonchev–Trinajstić information content (AvgIpc) is 2.82. The third kappa shape index (κ3) is 3.90. The standard InChI is InChI=1S/C15H15BrN2S/c1-18(10-14-9-13(16)11-19-14)15(7-8-17)12-5-3-2-4-6-12/h2-6,9,11,15H,7,10H2,1H3. The summed E-state index contributed by atoms with van der Waals surface area (Å²) in [5, 5.41) is 11.1. The zero-order valence-corrected chi connectivity index (χ0v) is 13.1. The Kier molecular flexibility index (Phi) is 5.15. The maximum atomic E-state index is 9.04. The van der Waals surface area contributed by atoms with Crippen molar-refractivity contribution in [3.05, 3.63) is 56.7 Å². The van der Waals surface area contributed by atoms with Crippen LogP contribution in [0.4, 0.5) is 0 Å². The fraction of sp³-hybridized carbons (Fsp3) is 0.267. The fourth-order valence-electron chi connectivity index (χ4n) is 2.08. The predicted octanol–water partition coefficient (Wildman–Crippen LogP) is 4.60. The summed E-state index contributed by atoms with van der Waals surface area (Å²) in [6.07, 6.45) is 0.507. The highest BCUT2D eigenvalue weighted by Crippen LogP contribution is 2.27. The predicted molar refractivity (Wildman–Crippen MR) is 82.9 cm³/mol. The minimum absolute atomic E-state index is 0.145. The van der Waals surface area contributed by atoms with Crippen LogP contribution in [0.3, 0.4) is 0 Å². The largest absolute Gasteiger partial charge is 0.293 e. The van der Waals surface area contributed by atoms with Crippen LogP contribution < -0.4 is 0 Å². The summed E-state index contributed by atoms with van der Waals surface area (Å²) in [4.78, 5) is 3.53. The first-order chi connectivity index (χ1) is 9.20. The van der Waals surface area contributed by atoms with Crippen LogP contribution >= 0.6 is 27.3 Å². The van der Waals surface area contributed by atoms with E-state index >= 15 is 0 Å². The lowest BCUT2D eigenvalue weighted by Crippen LogP contribution is -2.23. The minimum atomic E-state index is 0.145. The summed E-state index contributed by atoms with van der Waals surface area (Å²) in [5.41, 5.74) is 1.20. The molecule has 1 atom stereocenters. The molecular formula is C15H15BrN2S. The number of nitrogens with zero attached hydrogens (tertiary/aromatic N) is 2. The smallest absolute Gasteiger partial charge is 0.0641 e. The lowest BCUT2D eigenvalue weighted by atomic mass is 10.0. The van der Waals surface area contributed by atoms with Gasteiger partial charge in [-0.2, -0.15) is 5.26 Å². The van der Waals surface area contributed by atoms with Gasteiger partial charge in [0.2, 0.25) is 0 Å². The van der Waals surface area contributed by atoms with Gasteiger partial charge in [-0.05, 0) is 34.6 Å². The highest BCUT2D eigenvalue weighted by Gasteiger charge is 2.17. The second-order valence-electron chi connectivity index (χ2n) is 4.44. The Hall–Kier alpha value is -1.15. The number of thiophene rings is 1. The van der Waals surface area contributed by atoms with E-state index in [1.807, 2.05) is 18.2 Å². The van der Waals surface area contributed by atoms with Crippen LogP contribution in [0.15, 0.2) is 46.3 Å². The minimum Gasteiger partial charge on any atom is -0.293 e. The number of rotatable bonds is 5. The van der Waals surface area contributed by atoms with E-state index in [2.05, 4.69) is 57.5 Å². The van der Waals surface area contributed by atoms with Crippen LogP contribution in [0.25, 0.3) is 0 Å². The first-order valence-electron chi connectivity index (χ1n) is 6.05. The molecule has 4 heteroatoms. The van der Waals surface area contributed by atoms with Crippen molar-refractivity contribution in [3.8, 4) is 6.07 Å². The highest BCUT2D eigenvalue weighted by molar-refractivity contribution is 9.10. The molecule has 0 fully saturated rings. The second kappa shape index (κ2) is 6.85. The average molecular weight is 335 g/mol. The molecule has 19 heavy (non-hydrogen) atoms. The molecule has 0 saturated carbocycles. The van der Waals surface area contributed by atoms with Crippen molar-refractivity contribution >= 4 is 27.3 Å². The molecule has 0 aliphatic carbocycles. The fourth-order valence-corrected chi connectivity index (χ4v) is 3.60. The summed E-state index contributed by atoms with van der Waals surface area (Å²) in [6.45, 7) is 0.859. The van der Waals surface area contributed by atoms with Gasteiger partial charge >= 0.3 is 0 Å². The molecule has 98 valence electrons. The molecule has 0 spiro atoms. The highest BCUT2D eigenvalue weighted by atomic mass is 79.9. The molecule has 2 rings (SSSR count). The molecule has 0 amide bonds. The summed E-state index contributed by atoms with van der Waals surface area (Å²) >= 11 is 5.21. The number of hydrogen-bond acceptors (Lipinski definition) is 3. The normalized spacial score (nSPS) is 12.3. The first kappa shape index (κ1) is 14.3. The molecular weight excluding hydrogens is 320 g/mol. The Bertz CT molecular complexity index is 559. The van der Waals surface area contributed by atoms with E-state index < -0.39 is 0 Å². The third-order valence-electron chi connectivity index (χ3n) is 3.03. The summed E-state index contributed by atoms with van der Waals surface area (Å²) < 4.78 is 1.12. The van der Waals surface area contributed by atoms with Gasteiger partial charge in [-0.25, -0.2) is 0 Å². The van der Waals surface area contributed by atoms with E-state index in [0.29, 0.717) is 6.42 Å². The van der Waals surface area contributed by atoms with Crippen LogP contribution in [0.1, 0.15) is 22.9 Å². The van der Waals surface area contributed by atoms with Gasteiger partial charge in [0.1, 0.15) is 0 Å². The van der Waals surface area contributed by atoms with Gasteiger partial charge in [0.05, 0.1) is 12.5 Å². The summed E-state index contributed by atoms with van der Waals surface area (Å²) in [7, 11) is 2.07. The number of benzene rings is 1. The van der Waals surface area contributed by atoms with Crippen molar-refractivity contribution in [2.24, 2.45) is 0 Å². The van der Waals surface area contributed by atoms with Crippen molar-refractivity contribution in [2.45, 2.75) is 19.0 Å². The molecule has 0 bridgehead atoms. The van der Waals surface area contributed by atoms with Crippen molar-refractivity contribution in [3.63, 3.8) is 0 Å². The maximum absolute atomic E-state index is 9.04. The zero-order chi connectivity index (χ0) is 13.7. The van der Waals surface area contributed by atoms with Gasteiger partial charge in [0, 0.05) is 27.3 Å². The number of nitriles is 1. The molecule has 0 N–H and O–H groups in total. The van der Waals surface area contributed by atoms with Crippen LogP contribution in [-0.2, 0) is 6.54 Å². The van der Waals surface area contributed by atoms with Crippen LogP contribution in [0, 0.1) is 11.3 Å². The molecule has 1 aromatic heterocycles. The lowest BCUT2D eigenvalue weighted by Gasteiger charge is -2.26. The lowest BCUT2D eigenvalue weighted by molar-refractivity contribution is 0.241. The van der Waals surface area contributed by atoms with Gasteiger partial charge in [0.25, 0.3) is 0 Å². The number of hydrogen-bond donors (Lipinski definition) is 0. The quantitative estimate of drug-likeness (QED) is 0.799. The van der Waals surface area contributed by atoms with E-state index in [1.54, 1.807) is 11.3 Å². The SMILES string of the molecule is CN(Cc1cc(Br)cs1)C(CC#N)c1ccccc1. The van der Waals surface area contributed by atoms with Crippen molar-refractivity contribution < 1.29 is 0 Å². The topological polar surface area (TPSA) is 27.0 Å². The Morgan fingerprint density at radius 2 is 2.11 bits per heavy atom. The molecule has 1 heterocycles. The van der Waals surface area contributed by atoms with Gasteiger partial charge < -0.3 is 0 Å². The van der Waals surface area contributed by atoms with E-state index in [-0.39, 0.29) is 6.04 Å². The molecule has 1 aromatic carbocycles. The Labute approximate surface area is 126 Å². The molecule has 0 aliphatic rings. The molecule has 0 radical (unpaired) electrons. The van der Waals surface area contributed by atoms with Crippen LogP contribution in [-0.4, -0.2) is 11.9 Å². The van der Waals surface area contributed by atoms with Crippen LogP contribution in [0.5, 0.6) is 0 Å². The Morgan fingerprint density at radius 1 is 1.37 bits per heavy atom. The van der Waals surface area contributed by atoms with Gasteiger partial charge in [0.15, 0.2) is 0 Å². The van der Waals surface area contributed by atoms with Crippen LogP contribution in [0.2, 0.25) is 0 Å². The van der Waals surface area contributed by atoms with Crippen molar-refractivity contribution in [2.75, 3.05) is 7.05 Å². The molecule has 2 nitrogen and oxygen atoms in total. The van der Waals surface area contributed by atoms with E-state index in [4.69, 9.17) is 5.26 Å². The molecule has 0 saturated heterocycles. The van der Waals surface area contributed by atoms with E-state index in [9.17, 15) is 0 Å². The maximum Gasteiger partial charge on any atom is 0.0641 e. The Balaban J connectivity index is 2.13.